The standard InChI is InChI=1S/C19H14BrN5O3S/c1-11-8-17-22-23-19(24(17)16-5-3-2-4-13(11)16)29-10-18(26)21-15-7-6-12(25(27)28)9-14(15)20/h2-9H,10H2,1H3,(H,21,26). The van der Waals surface area contributed by atoms with Crippen molar-refractivity contribution in [1.29, 1.82) is 0 Å². The van der Waals surface area contributed by atoms with E-state index < -0.39 is 4.92 Å². The first-order chi connectivity index (χ1) is 13.9. The Hall–Kier alpha value is -2.98. The summed E-state index contributed by atoms with van der Waals surface area (Å²) in [7, 11) is 0. The summed E-state index contributed by atoms with van der Waals surface area (Å²) >= 11 is 4.52. The molecule has 0 aliphatic rings. The Morgan fingerprint density at radius 1 is 1.24 bits per heavy atom. The molecule has 1 N–H and O–H groups in total. The maximum Gasteiger partial charge on any atom is 0.270 e. The van der Waals surface area contributed by atoms with Crippen LogP contribution in [-0.4, -0.2) is 31.2 Å². The van der Waals surface area contributed by atoms with Crippen molar-refractivity contribution in [3.63, 3.8) is 0 Å². The zero-order valence-corrected chi connectivity index (χ0v) is 17.5. The first-order valence-corrected chi connectivity index (χ1v) is 10.3. The van der Waals surface area contributed by atoms with Crippen molar-refractivity contribution < 1.29 is 9.72 Å². The van der Waals surface area contributed by atoms with Gasteiger partial charge in [-0.2, -0.15) is 0 Å². The number of nitro benzene ring substituents is 1. The number of aryl methyl sites for hydroxylation is 1. The van der Waals surface area contributed by atoms with Crippen LogP contribution >= 0.6 is 27.7 Å². The fourth-order valence-electron chi connectivity index (χ4n) is 3.00. The van der Waals surface area contributed by atoms with Gasteiger partial charge in [-0.15, -0.1) is 10.2 Å². The van der Waals surface area contributed by atoms with Crippen molar-refractivity contribution in [3.8, 4) is 0 Å². The molecule has 0 aliphatic carbocycles. The molecule has 0 radical (unpaired) electrons. The molecule has 4 aromatic rings. The number of amides is 1. The van der Waals surface area contributed by atoms with Crippen LogP contribution in [0.1, 0.15) is 5.56 Å². The fraction of sp³-hybridized carbons (Fsp3) is 0.105. The molecule has 0 atom stereocenters. The van der Waals surface area contributed by atoms with Crippen molar-refractivity contribution >= 4 is 61.5 Å². The molecule has 0 saturated carbocycles. The fourth-order valence-corrected chi connectivity index (χ4v) is 4.22. The van der Waals surface area contributed by atoms with Crippen LogP contribution in [0.25, 0.3) is 16.6 Å². The minimum Gasteiger partial charge on any atom is -0.324 e. The number of thioether (sulfide) groups is 1. The van der Waals surface area contributed by atoms with Crippen LogP contribution < -0.4 is 5.32 Å². The van der Waals surface area contributed by atoms with E-state index in [1.807, 2.05) is 41.7 Å². The molecule has 4 rings (SSSR count). The highest BCUT2D eigenvalue weighted by Gasteiger charge is 2.15. The Morgan fingerprint density at radius 3 is 2.79 bits per heavy atom. The average Bonchev–Trinajstić information content (AvgIpc) is 3.11. The number of carbonyl (C=O) groups excluding carboxylic acids is 1. The number of nitro groups is 1. The lowest BCUT2D eigenvalue weighted by Gasteiger charge is -2.08. The summed E-state index contributed by atoms with van der Waals surface area (Å²) in [4.78, 5) is 22.7. The van der Waals surface area contributed by atoms with Gasteiger partial charge in [0.1, 0.15) is 0 Å². The molecule has 8 nitrogen and oxygen atoms in total. The number of halogens is 1. The number of hydrogen-bond acceptors (Lipinski definition) is 6. The Balaban J connectivity index is 1.54. The molecule has 0 spiro atoms. The first kappa shape index (κ1) is 19.3. The molecule has 0 fully saturated rings. The monoisotopic (exact) mass is 471 g/mol. The van der Waals surface area contributed by atoms with Crippen molar-refractivity contribution in [2.24, 2.45) is 0 Å². The molecule has 0 bridgehead atoms. The van der Waals surface area contributed by atoms with Crippen molar-refractivity contribution in [3.05, 3.63) is 68.7 Å². The number of aromatic nitrogens is 3. The van der Waals surface area contributed by atoms with E-state index in [0.29, 0.717) is 15.3 Å². The highest BCUT2D eigenvalue weighted by Crippen LogP contribution is 2.28. The summed E-state index contributed by atoms with van der Waals surface area (Å²) in [6.45, 7) is 2.03. The third-order valence-corrected chi connectivity index (χ3v) is 5.93. The largest absolute Gasteiger partial charge is 0.324 e. The SMILES string of the molecule is Cc1cc2nnc(SCC(=O)Nc3ccc([N+](=O)[O-])cc3Br)n2c2ccccc12. The molecule has 2 aromatic heterocycles. The Bertz CT molecular complexity index is 1270. The van der Waals surface area contributed by atoms with Gasteiger partial charge in [0, 0.05) is 22.0 Å². The van der Waals surface area contributed by atoms with Crippen LogP contribution in [-0.2, 0) is 4.79 Å². The second-order valence-corrected chi connectivity index (χ2v) is 8.08. The van der Waals surface area contributed by atoms with Gasteiger partial charge >= 0.3 is 0 Å². The smallest absolute Gasteiger partial charge is 0.270 e. The van der Waals surface area contributed by atoms with E-state index in [-0.39, 0.29) is 17.3 Å². The number of non-ortho nitro benzene ring substituents is 1. The minimum absolute atomic E-state index is 0.0543. The number of para-hydroxylation sites is 1. The van der Waals surface area contributed by atoms with Crippen LogP contribution in [0.3, 0.4) is 0 Å². The highest BCUT2D eigenvalue weighted by molar-refractivity contribution is 9.10. The van der Waals surface area contributed by atoms with E-state index >= 15 is 0 Å². The molecule has 0 aliphatic heterocycles. The molecule has 2 aromatic carbocycles. The molecule has 1 amide bonds. The lowest BCUT2D eigenvalue weighted by molar-refractivity contribution is -0.384. The topological polar surface area (TPSA) is 102 Å². The maximum atomic E-state index is 12.4. The highest BCUT2D eigenvalue weighted by atomic mass is 79.9. The van der Waals surface area contributed by atoms with Crippen molar-refractivity contribution in [1.82, 2.24) is 14.6 Å². The number of pyridine rings is 1. The van der Waals surface area contributed by atoms with Crippen LogP contribution in [0, 0.1) is 17.0 Å². The minimum atomic E-state index is -0.491. The van der Waals surface area contributed by atoms with E-state index in [4.69, 9.17) is 0 Å². The predicted octanol–water partition coefficient (Wildman–Crippen LogP) is 4.59. The predicted molar refractivity (Wildman–Crippen MR) is 115 cm³/mol. The molecular weight excluding hydrogens is 458 g/mol. The number of anilines is 1. The summed E-state index contributed by atoms with van der Waals surface area (Å²) in [5.41, 5.74) is 3.23. The van der Waals surface area contributed by atoms with E-state index in [2.05, 4.69) is 31.4 Å². The number of rotatable bonds is 5. The van der Waals surface area contributed by atoms with Gasteiger partial charge < -0.3 is 5.32 Å². The van der Waals surface area contributed by atoms with Gasteiger partial charge in [-0.3, -0.25) is 19.3 Å². The Morgan fingerprint density at radius 2 is 2.03 bits per heavy atom. The molecule has 10 heteroatoms. The van der Waals surface area contributed by atoms with E-state index in [1.165, 1.54) is 30.0 Å². The zero-order valence-electron chi connectivity index (χ0n) is 15.1. The van der Waals surface area contributed by atoms with Gasteiger partial charge in [0.2, 0.25) is 5.91 Å². The quantitative estimate of drug-likeness (QED) is 0.259. The van der Waals surface area contributed by atoms with Gasteiger partial charge in [-0.05, 0) is 46.6 Å². The van der Waals surface area contributed by atoms with Gasteiger partial charge in [0.25, 0.3) is 5.69 Å². The normalized spacial score (nSPS) is 11.1. The number of carbonyl (C=O) groups is 1. The first-order valence-electron chi connectivity index (χ1n) is 8.54. The lowest BCUT2D eigenvalue weighted by atomic mass is 10.1. The number of nitrogens with zero attached hydrogens (tertiary/aromatic N) is 4. The van der Waals surface area contributed by atoms with Gasteiger partial charge in [-0.25, -0.2) is 0 Å². The second kappa shape index (κ2) is 7.80. The van der Waals surface area contributed by atoms with Crippen LogP contribution in [0.15, 0.2) is 58.2 Å². The van der Waals surface area contributed by atoms with E-state index in [1.54, 1.807) is 0 Å². The van der Waals surface area contributed by atoms with Gasteiger partial charge in [0.15, 0.2) is 10.8 Å². The number of nitrogens with one attached hydrogen (secondary N) is 1. The van der Waals surface area contributed by atoms with E-state index in [9.17, 15) is 14.9 Å². The molecular formula is C19H14BrN5O3S. The second-order valence-electron chi connectivity index (χ2n) is 6.28. The third kappa shape index (κ3) is 3.81. The summed E-state index contributed by atoms with van der Waals surface area (Å²) in [6, 6.07) is 14.1. The van der Waals surface area contributed by atoms with Crippen LogP contribution in [0.4, 0.5) is 11.4 Å². The number of benzene rings is 2. The molecule has 29 heavy (non-hydrogen) atoms. The van der Waals surface area contributed by atoms with E-state index in [0.717, 1.165) is 22.1 Å². The summed E-state index contributed by atoms with van der Waals surface area (Å²) < 4.78 is 2.38. The van der Waals surface area contributed by atoms with Crippen LogP contribution in [0.5, 0.6) is 0 Å². The van der Waals surface area contributed by atoms with Crippen molar-refractivity contribution in [2.75, 3.05) is 11.1 Å². The van der Waals surface area contributed by atoms with Crippen molar-refractivity contribution in [2.45, 2.75) is 12.1 Å². The molecule has 146 valence electrons. The Labute approximate surface area is 177 Å². The number of fused-ring (bicyclic) bond motifs is 3. The third-order valence-electron chi connectivity index (χ3n) is 4.34. The zero-order chi connectivity index (χ0) is 20.5. The molecule has 0 unspecified atom stereocenters. The number of hydrogen-bond donors (Lipinski definition) is 1. The maximum absolute atomic E-state index is 12.4. The van der Waals surface area contributed by atoms with Gasteiger partial charge in [0.05, 0.1) is 21.9 Å². The van der Waals surface area contributed by atoms with Gasteiger partial charge in [-0.1, -0.05) is 30.0 Å². The van der Waals surface area contributed by atoms with Crippen LogP contribution in [0.2, 0.25) is 0 Å². The summed E-state index contributed by atoms with van der Waals surface area (Å²) in [5, 5.41) is 23.7. The Kier molecular flexibility index (Phi) is 5.20. The summed E-state index contributed by atoms with van der Waals surface area (Å²) in [5.74, 6) is -0.135. The summed E-state index contributed by atoms with van der Waals surface area (Å²) in [6.07, 6.45) is 0. The lowest BCUT2D eigenvalue weighted by Crippen LogP contribution is -2.14. The molecule has 2 heterocycles. The average molecular weight is 472 g/mol. The molecule has 0 saturated heterocycles.